The van der Waals surface area contributed by atoms with Gasteiger partial charge in [-0.3, -0.25) is 4.79 Å². The largest absolute Gasteiger partial charge is 0.496 e. The zero-order valence-electron chi connectivity index (χ0n) is 16.0. The highest BCUT2D eigenvalue weighted by molar-refractivity contribution is 5.79. The van der Waals surface area contributed by atoms with Gasteiger partial charge in [-0.15, -0.1) is 0 Å². The molecule has 4 rings (SSSR count). The number of methoxy groups -OCH3 is 1. The number of benzene rings is 2. The van der Waals surface area contributed by atoms with Gasteiger partial charge in [0.2, 0.25) is 17.6 Å². The average Bonchev–Trinajstić information content (AvgIpc) is 3.35. The molecule has 0 saturated carbocycles. The number of ether oxygens (including phenoxy) is 1. The normalized spacial score (nSPS) is 16.9. The number of hydrogen-bond acceptors (Lipinski definition) is 5. The third-order valence-electron chi connectivity index (χ3n) is 5.04. The first-order valence-corrected chi connectivity index (χ1v) is 9.26. The molecule has 0 bridgehead atoms. The predicted octanol–water partition coefficient (Wildman–Crippen LogP) is 4.28. The predicted molar refractivity (Wildman–Crippen MR) is 101 cm³/mol. The second-order valence-electron chi connectivity index (χ2n) is 6.99. The summed E-state index contributed by atoms with van der Waals surface area (Å²) in [6.07, 6.45) is -4.38. The molecule has 0 N–H and O–H groups in total. The van der Waals surface area contributed by atoms with Crippen molar-refractivity contribution >= 4 is 5.91 Å². The molecular formula is C21H18F3N3O3. The van der Waals surface area contributed by atoms with Crippen LogP contribution in [0.25, 0.3) is 11.4 Å². The molecule has 6 nitrogen and oxygen atoms in total. The summed E-state index contributed by atoms with van der Waals surface area (Å²) in [6, 6.07) is 12.4. The Morgan fingerprint density at radius 3 is 2.67 bits per heavy atom. The van der Waals surface area contributed by atoms with Gasteiger partial charge in [0.15, 0.2) is 0 Å². The van der Waals surface area contributed by atoms with E-state index in [2.05, 4.69) is 10.1 Å². The summed E-state index contributed by atoms with van der Waals surface area (Å²) >= 11 is 0. The molecule has 1 unspecified atom stereocenters. The van der Waals surface area contributed by atoms with Crippen LogP contribution >= 0.6 is 0 Å². The van der Waals surface area contributed by atoms with Crippen LogP contribution in [-0.2, 0) is 17.5 Å². The number of para-hydroxylation sites is 1. The number of carbonyl (C=O) groups excluding carboxylic acids is 1. The van der Waals surface area contributed by atoms with E-state index in [0.717, 1.165) is 6.07 Å². The summed E-state index contributed by atoms with van der Waals surface area (Å²) < 4.78 is 50.4. The molecule has 1 aromatic heterocycles. The van der Waals surface area contributed by atoms with Crippen molar-refractivity contribution in [1.82, 2.24) is 15.0 Å². The standard InChI is InChI=1S/C21H18F3N3O3/c1-29-17-9-5-3-7-15(17)19-25-20(30-26-19)14-10-18(28)27(12-14)11-13-6-2-4-8-16(13)21(22,23)24/h2-9,14H,10-12H2,1H3. The van der Waals surface area contributed by atoms with Crippen molar-refractivity contribution in [2.75, 3.05) is 13.7 Å². The highest BCUT2D eigenvalue weighted by Gasteiger charge is 2.37. The van der Waals surface area contributed by atoms with Crippen molar-refractivity contribution in [2.45, 2.75) is 25.1 Å². The number of halogens is 3. The van der Waals surface area contributed by atoms with Gasteiger partial charge in [-0.05, 0) is 23.8 Å². The summed E-state index contributed by atoms with van der Waals surface area (Å²) in [5.41, 5.74) is -0.0352. The van der Waals surface area contributed by atoms with E-state index in [9.17, 15) is 18.0 Å². The smallest absolute Gasteiger partial charge is 0.416 e. The van der Waals surface area contributed by atoms with Gasteiger partial charge in [-0.2, -0.15) is 18.2 Å². The number of carbonyl (C=O) groups is 1. The van der Waals surface area contributed by atoms with E-state index in [1.165, 1.54) is 30.2 Å². The zero-order valence-corrected chi connectivity index (χ0v) is 16.0. The second kappa shape index (κ2) is 7.81. The van der Waals surface area contributed by atoms with Crippen LogP contribution in [0, 0.1) is 0 Å². The van der Waals surface area contributed by atoms with E-state index in [4.69, 9.17) is 9.26 Å². The number of amides is 1. The highest BCUT2D eigenvalue weighted by atomic mass is 19.4. The first kappa shape index (κ1) is 19.9. The maximum atomic E-state index is 13.2. The number of alkyl halides is 3. The monoisotopic (exact) mass is 417 g/mol. The summed E-state index contributed by atoms with van der Waals surface area (Å²) in [7, 11) is 1.53. The van der Waals surface area contributed by atoms with Gasteiger partial charge in [0.25, 0.3) is 0 Å². The van der Waals surface area contributed by atoms with Gasteiger partial charge in [0.1, 0.15) is 5.75 Å². The fourth-order valence-electron chi connectivity index (χ4n) is 3.57. The molecule has 9 heteroatoms. The molecule has 1 amide bonds. The molecule has 1 aliphatic rings. The molecule has 0 radical (unpaired) electrons. The third kappa shape index (κ3) is 3.87. The molecule has 2 aromatic carbocycles. The van der Waals surface area contributed by atoms with Crippen LogP contribution in [0.4, 0.5) is 13.2 Å². The quantitative estimate of drug-likeness (QED) is 0.620. The molecule has 30 heavy (non-hydrogen) atoms. The molecule has 156 valence electrons. The fourth-order valence-corrected chi connectivity index (χ4v) is 3.57. The molecule has 1 fully saturated rings. The van der Waals surface area contributed by atoms with Crippen LogP contribution < -0.4 is 4.74 Å². The Balaban J connectivity index is 1.52. The maximum absolute atomic E-state index is 13.2. The SMILES string of the molecule is COc1ccccc1-c1noc(C2CC(=O)N(Cc3ccccc3C(F)(F)F)C2)n1. The lowest BCUT2D eigenvalue weighted by Crippen LogP contribution is -2.26. The van der Waals surface area contributed by atoms with E-state index >= 15 is 0 Å². The van der Waals surface area contributed by atoms with Gasteiger partial charge in [0.05, 0.1) is 24.2 Å². The number of likely N-dealkylation sites (tertiary alicyclic amines) is 1. The summed E-state index contributed by atoms with van der Waals surface area (Å²) in [5, 5.41) is 3.98. The van der Waals surface area contributed by atoms with Gasteiger partial charge in [0, 0.05) is 19.5 Å². The summed E-state index contributed by atoms with van der Waals surface area (Å²) in [4.78, 5) is 18.2. The third-order valence-corrected chi connectivity index (χ3v) is 5.04. The molecule has 1 aliphatic heterocycles. The van der Waals surface area contributed by atoms with Gasteiger partial charge >= 0.3 is 6.18 Å². The van der Waals surface area contributed by atoms with Crippen molar-refractivity contribution in [2.24, 2.45) is 0 Å². The maximum Gasteiger partial charge on any atom is 0.416 e. The van der Waals surface area contributed by atoms with Crippen LogP contribution in [0.2, 0.25) is 0 Å². The first-order chi connectivity index (χ1) is 14.4. The number of nitrogens with zero attached hydrogens (tertiary/aromatic N) is 3. The fraction of sp³-hybridized carbons (Fsp3) is 0.286. The average molecular weight is 417 g/mol. The van der Waals surface area contributed by atoms with Gasteiger partial charge in [-0.1, -0.05) is 35.5 Å². The Bertz CT molecular complexity index is 1060. The van der Waals surface area contributed by atoms with Crippen molar-refractivity contribution in [3.8, 4) is 17.1 Å². The van der Waals surface area contributed by atoms with Crippen LogP contribution in [0.15, 0.2) is 53.1 Å². The topological polar surface area (TPSA) is 68.5 Å². The molecule has 2 heterocycles. The zero-order chi connectivity index (χ0) is 21.3. The molecule has 1 atom stereocenters. The Hall–Kier alpha value is -3.36. The van der Waals surface area contributed by atoms with Crippen LogP contribution in [0.1, 0.15) is 29.4 Å². The van der Waals surface area contributed by atoms with Gasteiger partial charge in [-0.25, -0.2) is 0 Å². The Morgan fingerprint density at radius 1 is 1.17 bits per heavy atom. The highest BCUT2D eigenvalue weighted by Crippen LogP contribution is 2.35. The Kier molecular flexibility index (Phi) is 5.19. The Labute approximate surface area is 170 Å². The molecule has 0 spiro atoms. The van der Waals surface area contributed by atoms with Crippen LogP contribution in [-0.4, -0.2) is 34.6 Å². The minimum Gasteiger partial charge on any atom is -0.496 e. The van der Waals surface area contributed by atoms with Crippen molar-refractivity contribution < 1.29 is 27.2 Å². The minimum absolute atomic E-state index is 0.0549. The Morgan fingerprint density at radius 2 is 1.90 bits per heavy atom. The number of rotatable bonds is 5. The van der Waals surface area contributed by atoms with E-state index in [1.807, 2.05) is 12.1 Å². The van der Waals surface area contributed by atoms with E-state index in [1.54, 1.807) is 12.1 Å². The minimum atomic E-state index is -4.48. The number of hydrogen-bond donors (Lipinski definition) is 0. The van der Waals surface area contributed by atoms with Crippen LogP contribution in [0.5, 0.6) is 5.75 Å². The molecular weight excluding hydrogens is 399 g/mol. The lowest BCUT2D eigenvalue weighted by molar-refractivity contribution is -0.139. The summed E-state index contributed by atoms with van der Waals surface area (Å²) in [6.45, 7) is 0.0805. The molecule has 0 aliphatic carbocycles. The summed E-state index contributed by atoms with van der Waals surface area (Å²) in [5.74, 6) is 0.546. The number of aromatic nitrogens is 2. The van der Waals surface area contributed by atoms with E-state index in [-0.39, 0.29) is 42.8 Å². The lowest BCUT2D eigenvalue weighted by Gasteiger charge is -2.19. The van der Waals surface area contributed by atoms with E-state index < -0.39 is 11.7 Å². The lowest BCUT2D eigenvalue weighted by atomic mass is 10.1. The van der Waals surface area contributed by atoms with Crippen LogP contribution in [0.3, 0.4) is 0 Å². The van der Waals surface area contributed by atoms with Crippen molar-refractivity contribution in [3.05, 3.63) is 65.5 Å². The van der Waals surface area contributed by atoms with E-state index in [0.29, 0.717) is 17.1 Å². The molecule has 1 saturated heterocycles. The second-order valence-corrected chi connectivity index (χ2v) is 6.99. The van der Waals surface area contributed by atoms with Crippen molar-refractivity contribution in [3.63, 3.8) is 0 Å². The first-order valence-electron chi connectivity index (χ1n) is 9.26. The van der Waals surface area contributed by atoms with Gasteiger partial charge < -0.3 is 14.2 Å². The molecule has 3 aromatic rings. The van der Waals surface area contributed by atoms with Crippen molar-refractivity contribution in [1.29, 1.82) is 0 Å².